The lowest BCUT2D eigenvalue weighted by Gasteiger charge is -2.12. The molecule has 5 heteroatoms. The number of fused-ring (bicyclic) bond motifs is 1. The van der Waals surface area contributed by atoms with Crippen molar-refractivity contribution in [2.24, 2.45) is 0 Å². The number of carbonyl (C=O) groups is 1. The van der Waals surface area contributed by atoms with Crippen molar-refractivity contribution in [3.05, 3.63) is 29.7 Å². The Hall–Kier alpha value is -1.91. The molecular formula is C12H15N3O2. The molecule has 1 unspecified atom stereocenters. The number of nitrogens with zero attached hydrogens (tertiary/aromatic N) is 3. The van der Waals surface area contributed by atoms with E-state index in [-0.39, 0.29) is 5.92 Å². The van der Waals surface area contributed by atoms with Gasteiger partial charge in [-0.15, -0.1) is 10.2 Å². The first-order valence-electron chi connectivity index (χ1n) is 5.59. The Labute approximate surface area is 99.1 Å². The molecule has 0 bridgehead atoms. The van der Waals surface area contributed by atoms with E-state index in [0.717, 1.165) is 5.82 Å². The summed E-state index contributed by atoms with van der Waals surface area (Å²) in [7, 11) is 0. The van der Waals surface area contributed by atoms with Gasteiger partial charge in [0.1, 0.15) is 5.82 Å². The zero-order chi connectivity index (χ0) is 12.6. The van der Waals surface area contributed by atoms with Gasteiger partial charge in [0.05, 0.1) is 5.92 Å². The highest BCUT2D eigenvalue weighted by Crippen LogP contribution is 2.21. The monoisotopic (exact) mass is 233 g/mol. The van der Waals surface area contributed by atoms with Crippen molar-refractivity contribution in [3.8, 4) is 0 Å². The van der Waals surface area contributed by atoms with Crippen LogP contribution in [-0.4, -0.2) is 25.7 Å². The van der Waals surface area contributed by atoms with E-state index in [2.05, 4.69) is 10.2 Å². The second kappa shape index (κ2) is 4.16. The van der Waals surface area contributed by atoms with E-state index >= 15 is 0 Å². The molecule has 2 aromatic heterocycles. The second-order valence-electron chi connectivity index (χ2n) is 4.42. The molecular weight excluding hydrogens is 218 g/mol. The van der Waals surface area contributed by atoms with E-state index in [9.17, 15) is 4.79 Å². The molecule has 2 aromatic rings. The number of pyridine rings is 1. The van der Waals surface area contributed by atoms with Crippen LogP contribution in [0.25, 0.3) is 5.65 Å². The van der Waals surface area contributed by atoms with Crippen molar-refractivity contribution in [3.63, 3.8) is 0 Å². The maximum Gasteiger partial charge on any atom is 0.312 e. The maximum absolute atomic E-state index is 11.1. The average molecular weight is 233 g/mol. The molecule has 0 spiro atoms. The summed E-state index contributed by atoms with van der Waals surface area (Å²) in [6.45, 7) is 5.69. The molecule has 0 amide bonds. The van der Waals surface area contributed by atoms with Gasteiger partial charge in [0.15, 0.2) is 5.65 Å². The Morgan fingerprint density at radius 1 is 1.29 bits per heavy atom. The minimum Gasteiger partial charge on any atom is -0.481 e. The van der Waals surface area contributed by atoms with Gasteiger partial charge in [-0.25, -0.2) is 0 Å². The number of aliphatic carboxylic acids is 1. The fraction of sp³-hybridized carbons (Fsp3) is 0.417. The van der Waals surface area contributed by atoms with Crippen molar-refractivity contribution in [2.75, 3.05) is 0 Å². The summed E-state index contributed by atoms with van der Waals surface area (Å²) in [5, 5.41) is 17.3. The number of carboxylic acid groups (broad SMARTS) is 1. The molecule has 0 saturated heterocycles. The summed E-state index contributed by atoms with van der Waals surface area (Å²) < 4.78 is 1.84. The minimum absolute atomic E-state index is 0.201. The number of hydrogen-bond donors (Lipinski definition) is 1. The summed E-state index contributed by atoms with van der Waals surface area (Å²) in [6.07, 6.45) is 0. The van der Waals surface area contributed by atoms with Crippen LogP contribution in [0.4, 0.5) is 0 Å². The van der Waals surface area contributed by atoms with E-state index < -0.39 is 11.9 Å². The topological polar surface area (TPSA) is 67.5 Å². The molecule has 2 rings (SSSR count). The Bertz CT molecular complexity index is 560. The molecule has 0 aliphatic carbocycles. The zero-order valence-electron chi connectivity index (χ0n) is 10.1. The summed E-state index contributed by atoms with van der Waals surface area (Å²) in [4.78, 5) is 11.1. The van der Waals surface area contributed by atoms with Crippen LogP contribution in [0.2, 0.25) is 0 Å². The molecule has 2 heterocycles. The predicted molar refractivity (Wildman–Crippen MR) is 63.1 cm³/mol. The Morgan fingerprint density at radius 2 is 2.00 bits per heavy atom. The molecule has 1 N–H and O–H groups in total. The normalized spacial score (nSPS) is 13.2. The third-order valence-corrected chi connectivity index (χ3v) is 2.81. The van der Waals surface area contributed by atoms with Crippen LogP contribution in [-0.2, 0) is 4.79 Å². The summed E-state index contributed by atoms with van der Waals surface area (Å²) in [5.74, 6) is -0.427. The van der Waals surface area contributed by atoms with E-state index in [4.69, 9.17) is 5.11 Å². The van der Waals surface area contributed by atoms with Gasteiger partial charge in [0, 0.05) is 11.6 Å². The van der Waals surface area contributed by atoms with Gasteiger partial charge in [-0.2, -0.15) is 0 Å². The molecule has 0 radical (unpaired) electrons. The van der Waals surface area contributed by atoms with Crippen LogP contribution in [0.1, 0.15) is 44.1 Å². The molecule has 0 aromatic carbocycles. The van der Waals surface area contributed by atoms with Crippen LogP contribution in [0.15, 0.2) is 18.2 Å². The molecule has 0 aliphatic rings. The van der Waals surface area contributed by atoms with Crippen molar-refractivity contribution in [2.45, 2.75) is 32.6 Å². The second-order valence-corrected chi connectivity index (χ2v) is 4.42. The smallest absolute Gasteiger partial charge is 0.312 e. The van der Waals surface area contributed by atoms with Crippen LogP contribution in [0.5, 0.6) is 0 Å². The third-order valence-electron chi connectivity index (χ3n) is 2.81. The third kappa shape index (κ3) is 1.88. The lowest BCUT2D eigenvalue weighted by atomic mass is 10.1. The molecule has 1 atom stereocenters. The van der Waals surface area contributed by atoms with Crippen molar-refractivity contribution in [1.29, 1.82) is 0 Å². The van der Waals surface area contributed by atoms with Gasteiger partial charge in [0.2, 0.25) is 0 Å². The quantitative estimate of drug-likeness (QED) is 0.880. The fourth-order valence-electron chi connectivity index (χ4n) is 1.83. The van der Waals surface area contributed by atoms with E-state index in [1.807, 2.05) is 30.4 Å². The van der Waals surface area contributed by atoms with Gasteiger partial charge < -0.3 is 5.11 Å². The van der Waals surface area contributed by atoms with Crippen LogP contribution < -0.4 is 0 Å². The molecule has 0 aliphatic heterocycles. The van der Waals surface area contributed by atoms with Crippen molar-refractivity contribution >= 4 is 11.6 Å². The molecule has 0 fully saturated rings. The van der Waals surface area contributed by atoms with Crippen LogP contribution in [0, 0.1) is 0 Å². The lowest BCUT2D eigenvalue weighted by Crippen LogP contribution is -2.13. The predicted octanol–water partition coefficient (Wildman–Crippen LogP) is 2.04. The van der Waals surface area contributed by atoms with E-state index in [1.165, 1.54) is 0 Å². The van der Waals surface area contributed by atoms with Gasteiger partial charge in [-0.1, -0.05) is 19.9 Å². The van der Waals surface area contributed by atoms with Crippen LogP contribution >= 0.6 is 0 Å². The minimum atomic E-state index is -0.846. The highest BCUT2D eigenvalue weighted by atomic mass is 16.4. The van der Waals surface area contributed by atoms with Crippen LogP contribution in [0.3, 0.4) is 0 Å². The van der Waals surface area contributed by atoms with Gasteiger partial charge >= 0.3 is 5.97 Å². The lowest BCUT2D eigenvalue weighted by molar-refractivity contribution is -0.138. The molecule has 0 saturated carbocycles. The van der Waals surface area contributed by atoms with Gasteiger partial charge in [-0.3, -0.25) is 9.20 Å². The molecule has 17 heavy (non-hydrogen) atoms. The fourth-order valence-corrected chi connectivity index (χ4v) is 1.83. The van der Waals surface area contributed by atoms with Crippen molar-refractivity contribution < 1.29 is 9.90 Å². The number of aromatic nitrogens is 3. The summed E-state index contributed by atoms with van der Waals surface area (Å²) in [5.41, 5.74) is 1.41. The highest BCUT2D eigenvalue weighted by Gasteiger charge is 2.20. The maximum atomic E-state index is 11.1. The first kappa shape index (κ1) is 11.6. The van der Waals surface area contributed by atoms with Gasteiger partial charge in [0.25, 0.3) is 0 Å². The zero-order valence-corrected chi connectivity index (χ0v) is 10.1. The Morgan fingerprint density at radius 3 is 2.59 bits per heavy atom. The number of rotatable bonds is 3. The van der Waals surface area contributed by atoms with Crippen molar-refractivity contribution in [1.82, 2.24) is 14.6 Å². The highest BCUT2D eigenvalue weighted by molar-refractivity contribution is 5.75. The largest absolute Gasteiger partial charge is 0.481 e. The standard InChI is InChI=1S/C12H15N3O2/c1-7(2)11-14-13-10-6-4-5-9(15(10)11)8(3)12(16)17/h4-8H,1-3H3,(H,16,17). The van der Waals surface area contributed by atoms with E-state index in [1.54, 1.807) is 13.0 Å². The Balaban J connectivity index is 2.70. The Kier molecular flexibility index (Phi) is 2.83. The van der Waals surface area contributed by atoms with E-state index in [0.29, 0.717) is 11.3 Å². The molecule has 90 valence electrons. The summed E-state index contributed by atoms with van der Waals surface area (Å²) in [6, 6.07) is 5.45. The number of hydrogen-bond acceptors (Lipinski definition) is 3. The first-order chi connectivity index (χ1) is 8.02. The number of carboxylic acids is 1. The van der Waals surface area contributed by atoms with Gasteiger partial charge in [-0.05, 0) is 19.1 Å². The SMILES string of the molecule is CC(C)c1nnc2cccc(C(C)C(=O)O)n12. The average Bonchev–Trinajstić information content (AvgIpc) is 2.71. The first-order valence-corrected chi connectivity index (χ1v) is 5.59. The molecule has 5 nitrogen and oxygen atoms in total. The summed E-state index contributed by atoms with van der Waals surface area (Å²) >= 11 is 0.